The van der Waals surface area contributed by atoms with Crippen LogP contribution in [0.25, 0.3) is 0 Å². The number of hydrogen-bond acceptors (Lipinski definition) is 6. The van der Waals surface area contributed by atoms with Crippen LogP contribution < -0.4 is 0 Å². The third kappa shape index (κ3) is 22.5. The molecular weight excluding hydrogens is 220 g/mol. The van der Waals surface area contributed by atoms with Crippen molar-refractivity contribution in [3.05, 3.63) is 0 Å². The van der Waals surface area contributed by atoms with Gasteiger partial charge in [-0.1, -0.05) is 0 Å². The normalized spacial score (nSPS) is 12.6. The molecule has 0 aromatic rings. The molecule has 0 heterocycles. The Morgan fingerprint density at radius 3 is 2.07 bits per heavy atom. The fourth-order valence-electron chi connectivity index (χ4n) is 0.217. The highest BCUT2D eigenvalue weighted by Gasteiger charge is 2.08. The Kier molecular flexibility index (Phi) is 8.58. The van der Waals surface area contributed by atoms with Gasteiger partial charge in [-0.3, -0.25) is 9.35 Å². The van der Waals surface area contributed by atoms with Gasteiger partial charge in [-0.2, -0.15) is 8.42 Å². The first kappa shape index (κ1) is 15.7. The predicted molar refractivity (Wildman–Crippen MR) is 43.9 cm³/mol. The van der Waals surface area contributed by atoms with Crippen LogP contribution in [0.1, 0.15) is 6.92 Å². The second-order valence-electron chi connectivity index (χ2n) is 2.07. The smallest absolute Gasteiger partial charge is 0.397 e. The first-order valence-electron chi connectivity index (χ1n) is 3.29. The Bertz CT molecular complexity index is 240. The Morgan fingerprint density at radius 2 is 1.86 bits per heavy atom. The number of aliphatic hydroxyl groups excluding tert-OH is 2. The van der Waals surface area contributed by atoms with Crippen LogP contribution in [0, 0.1) is 0 Å². The standard InChI is InChI=1S/C3H8O6S.C2H4O2/c4-1-3(5)2-9-10(6,7)8;1-2(3)4/h3-5H,1-2H2,(H,6,7,8);1H3,(H,3,4). The summed E-state index contributed by atoms with van der Waals surface area (Å²) in [6.45, 7) is -0.176. The molecule has 0 spiro atoms. The van der Waals surface area contributed by atoms with E-state index in [1.165, 1.54) is 0 Å². The maximum atomic E-state index is 9.79. The van der Waals surface area contributed by atoms with Gasteiger partial charge < -0.3 is 15.3 Å². The van der Waals surface area contributed by atoms with Crippen LogP contribution in [0.4, 0.5) is 0 Å². The van der Waals surface area contributed by atoms with Gasteiger partial charge in [0.25, 0.3) is 5.97 Å². The van der Waals surface area contributed by atoms with Gasteiger partial charge in [0.1, 0.15) is 6.10 Å². The van der Waals surface area contributed by atoms with Crippen molar-refractivity contribution in [3.8, 4) is 0 Å². The molecule has 8 nitrogen and oxygen atoms in total. The quantitative estimate of drug-likeness (QED) is 0.418. The molecule has 4 N–H and O–H groups in total. The highest BCUT2D eigenvalue weighted by molar-refractivity contribution is 7.80. The highest BCUT2D eigenvalue weighted by Crippen LogP contribution is 1.89. The molecule has 1 unspecified atom stereocenters. The number of aliphatic hydroxyl groups is 2. The highest BCUT2D eigenvalue weighted by atomic mass is 32.3. The van der Waals surface area contributed by atoms with E-state index in [0.717, 1.165) is 6.92 Å². The fourth-order valence-corrected chi connectivity index (χ4v) is 0.546. The minimum absolute atomic E-state index is 0.616. The van der Waals surface area contributed by atoms with Gasteiger partial charge >= 0.3 is 10.4 Å². The lowest BCUT2D eigenvalue weighted by molar-refractivity contribution is -0.134. The molecule has 0 amide bonds. The van der Waals surface area contributed by atoms with E-state index < -0.39 is 35.7 Å². The van der Waals surface area contributed by atoms with E-state index in [4.69, 9.17) is 24.7 Å². The number of aliphatic carboxylic acids is 1. The van der Waals surface area contributed by atoms with Gasteiger partial charge in [0, 0.05) is 6.92 Å². The lowest BCUT2D eigenvalue weighted by Crippen LogP contribution is -2.21. The first-order chi connectivity index (χ1) is 6.19. The zero-order valence-corrected chi connectivity index (χ0v) is 8.14. The van der Waals surface area contributed by atoms with Crippen molar-refractivity contribution in [2.24, 2.45) is 0 Å². The van der Waals surface area contributed by atoms with E-state index in [-0.39, 0.29) is 0 Å². The predicted octanol–water partition coefficient (Wildman–Crippen LogP) is -1.75. The number of carboxylic acid groups (broad SMARTS) is 1. The van der Waals surface area contributed by atoms with E-state index in [2.05, 4.69) is 4.18 Å². The zero-order chi connectivity index (χ0) is 11.8. The molecule has 9 heteroatoms. The maximum Gasteiger partial charge on any atom is 0.397 e. The van der Waals surface area contributed by atoms with Crippen LogP contribution in [0.15, 0.2) is 0 Å². The van der Waals surface area contributed by atoms with Gasteiger partial charge in [0.2, 0.25) is 0 Å². The van der Waals surface area contributed by atoms with E-state index in [1.54, 1.807) is 0 Å². The summed E-state index contributed by atoms with van der Waals surface area (Å²) in [5, 5.41) is 24.0. The summed E-state index contributed by atoms with van der Waals surface area (Å²) in [6.07, 6.45) is -1.29. The molecule has 86 valence electrons. The Hall–Kier alpha value is -0.740. The van der Waals surface area contributed by atoms with E-state index >= 15 is 0 Å². The summed E-state index contributed by atoms with van der Waals surface area (Å²) in [5.74, 6) is -0.833. The number of hydrogen-bond donors (Lipinski definition) is 4. The van der Waals surface area contributed by atoms with Crippen molar-refractivity contribution in [1.29, 1.82) is 0 Å². The van der Waals surface area contributed by atoms with Crippen LogP contribution in [0.5, 0.6) is 0 Å². The number of rotatable bonds is 4. The van der Waals surface area contributed by atoms with Crippen LogP contribution in [-0.2, 0) is 19.4 Å². The topological polar surface area (TPSA) is 141 Å². The Labute approximate surface area is 80.7 Å². The minimum atomic E-state index is -4.50. The monoisotopic (exact) mass is 232 g/mol. The van der Waals surface area contributed by atoms with Gasteiger partial charge in [-0.05, 0) is 0 Å². The summed E-state index contributed by atoms with van der Waals surface area (Å²) in [4.78, 5) is 9.00. The molecule has 0 radical (unpaired) electrons. The third-order valence-electron chi connectivity index (χ3n) is 0.620. The molecule has 0 aliphatic carbocycles. The van der Waals surface area contributed by atoms with E-state index in [1.807, 2.05) is 0 Å². The SMILES string of the molecule is CC(=O)O.O=S(=O)(O)OCC(O)CO. The van der Waals surface area contributed by atoms with Crippen LogP contribution >= 0.6 is 0 Å². The Morgan fingerprint density at radius 1 is 1.50 bits per heavy atom. The zero-order valence-electron chi connectivity index (χ0n) is 7.32. The van der Waals surface area contributed by atoms with Crippen molar-refractivity contribution >= 4 is 16.4 Å². The largest absolute Gasteiger partial charge is 0.481 e. The molecule has 0 rings (SSSR count). The van der Waals surface area contributed by atoms with Crippen molar-refractivity contribution in [1.82, 2.24) is 0 Å². The van der Waals surface area contributed by atoms with Crippen molar-refractivity contribution in [2.45, 2.75) is 13.0 Å². The molecule has 14 heavy (non-hydrogen) atoms. The van der Waals surface area contributed by atoms with E-state index in [9.17, 15) is 8.42 Å². The van der Waals surface area contributed by atoms with Crippen molar-refractivity contribution in [3.63, 3.8) is 0 Å². The van der Waals surface area contributed by atoms with Gasteiger partial charge in [0.15, 0.2) is 0 Å². The average molecular weight is 232 g/mol. The van der Waals surface area contributed by atoms with Crippen molar-refractivity contribution in [2.75, 3.05) is 13.2 Å². The summed E-state index contributed by atoms with van der Waals surface area (Å²) in [5.41, 5.74) is 0. The molecule has 0 fully saturated rings. The summed E-state index contributed by atoms with van der Waals surface area (Å²) < 4.78 is 31.2. The minimum Gasteiger partial charge on any atom is -0.481 e. The maximum absolute atomic E-state index is 9.79. The molecule has 0 aliphatic heterocycles. The lowest BCUT2D eigenvalue weighted by Gasteiger charge is -2.03. The third-order valence-corrected chi connectivity index (χ3v) is 1.05. The molecular formula is C5H12O8S. The Balaban J connectivity index is 0. The molecule has 0 aromatic heterocycles. The summed E-state index contributed by atoms with van der Waals surface area (Å²) in [6, 6.07) is 0. The lowest BCUT2D eigenvalue weighted by atomic mass is 10.4. The fraction of sp³-hybridized carbons (Fsp3) is 0.800. The molecule has 0 saturated carbocycles. The van der Waals surface area contributed by atoms with Crippen LogP contribution in [-0.4, -0.2) is 53.6 Å². The second kappa shape index (κ2) is 7.64. The van der Waals surface area contributed by atoms with E-state index in [0.29, 0.717) is 0 Å². The van der Waals surface area contributed by atoms with Crippen LogP contribution in [0.3, 0.4) is 0 Å². The number of carbonyl (C=O) groups is 1. The summed E-state index contributed by atoms with van der Waals surface area (Å²) >= 11 is 0. The summed E-state index contributed by atoms with van der Waals surface area (Å²) in [7, 11) is -4.50. The van der Waals surface area contributed by atoms with Gasteiger partial charge in [-0.25, -0.2) is 4.18 Å². The number of carboxylic acids is 1. The average Bonchev–Trinajstić information content (AvgIpc) is 1.97. The molecule has 0 aromatic carbocycles. The molecule has 0 aliphatic rings. The van der Waals surface area contributed by atoms with Gasteiger partial charge in [-0.15, -0.1) is 0 Å². The van der Waals surface area contributed by atoms with Crippen molar-refractivity contribution < 1.29 is 37.3 Å². The molecule has 0 bridgehead atoms. The second-order valence-corrected chi connectivity index (χ2v) is 3.16. The molecule has 0 saturated heterocycles. The van der Waals surface area contributed by atoms with Gasteiger partial charge in [0.05, 0.1) is 13.2 Å². The first-order valence-corrected chi connectivity index (χ1v) is 4.66. The molecule has 1 atom stereocenters. The van der Waals surface area contributed by atoms with Crippen LogP contribution in [0.2, 0.25) is 0 Å².